The van der Waals surface area contributed by atoms with Crippen molar-refractivity contribution in [2.24, 2.45) is 0 Å². The quantitative estimate of drug-likeness (QED) is 0.304. The monoisotopic (exact) mass is 367 g/mol. The molecule has 0 aliphatic carbocycles. The molecule has 1 aromatic carbocycles. The summed E-state index contributed by atoms with van der Waals surface area (Å²) in [5.74, 6) is 0.613. The number of anilines is 1. The van der Waals surface area contributed by atoms with Crippen molar-refractivity contribution in [3.63, 3.8) is 0 Å². The highest BCUT2D eigenvalue weighted by molar-refractivity contribution is 8.03. The maximum Gasteiger partial charge on any atom is 0.416 e. The molecule has 1 aliphatic heterocycles. The van der Waals surface area contributed by atoms with Gasteiger partial charge in [0, 0.05) is 29.2 Å². The fourth-order valence-corrected chi connectivity index (χ4v) is 3.70. The number of alkyl halides is 3. The van der Waals surface area contributed by atoms with Crippen LogP contribution in [0, 0.1) is 0 Å². The first-order chi connectivity index (χ1) is 11.0. The van der Waals surface area contributed by atoms with Crippen molar-refractivity contribution in [1.29, 1.82) is 0 Å². The maximum absolute atomic E-state index is 12.9. The molecule has 0 atom stereocenters. The van der Waals surface area contributed by atoms with Crippen LogP contribution in [0.2, 0.25) is 0 Å². The van der Waals surface area contributed by atoms with Crippen LogP contribution in [-0.4, -0.2) is 17.6 Å². The summed E-state index contributed by atoms with van der Waals surface area (Å²) in [6.45, 7) is 2.48. The van der Waals surface area contributed by atoms with Crippen LogP contribution in [0.3, 0.4) is 0 Å². The average Bonchev–Trinajstić information content (AvgIpc) is 2.87. The minimum Gasteiger partial charge on any atom is -0.335 e. The Morgan fingerprint density at radius 1 is 1.35 bits per heavy atom. The van der Waals surface area contributed by atoms with Crippen LogP contribution in [0.1, 0.15) is 25.3 Å². The van der Waals surface area contributed by atoms with E-state index in [0.29, 0.717) is 18.0 Å². The van der Waals surface area contributed by atoms with E-state index in [1.54, 1.807) is 0 Å². The van der Waals surface area contributed by atoms with Crippen molar-refractivity contribution < 1.29 is 27.8 Å². The van der Waals surface area contributed by atoms with Gasteiger partial charge in [-0.25, -0.2) is 5.26 Å². The average molecular weight is 367 g/mol. The topological polar surface area (TPSA) is 41.9 Å². The standard InChI is InChI=1S/C14H16F3NO3S2/c1-2-13-18(7-3-4-8-22-21-20-19)11-9-10(14(15,16)17)5-6-12(11)23-13/h2,5-6,9,19H,3-4,7-8H2,1H3/b13-2-. The molecule has 0 fully saturated rings. The van der Waals surface area contributed by atoms with Gasteiger partial charge in [-0.15, -0.1) is 4.33 Å². The van der Waals surface area contributed by atoms with E-state index in [0.717, 1.165) is 40.9 Å². The molecule has 2 rings (SSSR count). The Morgan fingerprint density at radius 3 is 2.78 bits per heavy atom. The molecule has 1 N–H and O–H groups in total. The summed E-state index contributed by atoms with van der Waals surface area (Å²) in [4.78, 5) is 2.74. The fraction of sp³-hybridized carbons (Fsp3) is 0.429. The zero-order chi connectivity index (χ0) is 16.9. The van der Waals surface area contributed by atoms with Crippen LogP contribution < -0.4 is 4.90 Å². The second kappa shape index (κ2) is 8.29. The molecule has 1 heterocycles. The second-order valence-electron chi connectivity index (χ2n) is 4.73. The van der Waals surface area contributed by atoms with E-state index in [1.807, 2.05) is 17.9 Å². The van der Waals surface area contributed by atoms with E-state index in [1.165, 1.54) is 23.9 Å². The van der Waals surface area contributed by atoms with Gasteiger partial charge in [0.1, 0.15) is 0 Å². The summed E-state index contributed by atoms with van der Waals surface area (Å²) in [5, 5.41) is 12.4. The van der Waals surface area contributed by atoms with E-state index in [4.69, 9.17) is 5.26 Å². The third kappa shape index (κ3) is 4.80. The Labute approximate surface area is 140 Å². The number of unbranched alkanes of at least 4 members (excludes halogenated alkanes) is 1. The smallest absolute Gasteiger partial charge is 0.335 e. The number of benzene rings is 1. The predicted molar refractivity (Wildman–Crippen MR) is 84.9 cm³/mol. The number of allylic oxidation sites excluding steroid dienone is 1. The minimum absolute atomic E-state index is 0.598. The van der Waals surface area contributed by atoms with Crippen LogP contribution in [0.15, 0.2) is 34.2 Å². The molecule has 0 radical (unpaired) electrons. The molecular weight excluding hydrogens is 351 g/mol. The molecule has 0 saturated carbocycles. The van der Waals surface area contributed by atoms with Crippen LogP contribution in [0.25, 0.3) is 0 Å². The number of rotatable bonds is 7. The predicted octanol–water partition coefficient (Wildman–Crippen LogP) is 5.33. The Morgan fingerprint density at radius 2 is 2.13 bits per heavy atom. The molecular formula is C14H16F3NO3S2. The highest BCUT2D eigenvalue weighted by atomic mass is 32.2. The zero-order valence-electron chi connectivity index (χ0n) is 12.3. The van der Waals surface area contributed by atoms with Gasteiger partial charge >= 0.3 is 6.18 Å². The molecule has 1 aliphatic rings. The number of nitrogens with zero attached hydrogens (tertiary/aromatic N) is 1. The van der Waals surface area contributed by atoms with Gasteiger partial charge in [0.2, 0.25) is 0 Å². The summed E-state index contributed by atoms with van der Waals surface area (Å²) in [6, 6.07) is 3.84. The van der Waals surface area contributed by atoms with E-state index in [2.05, 4.69) is 9.37 Å². The van der Waals surface area contributed by atoms with Gasteiger partial charge in [-0.1, -0.05) is 22.9 Å². The molecule has 0 saturated heterocycles. The van der Waals surface area contributed by atoms with E-state index in [-0.39, 0.29) is 0 Å². The van der Waals surface area contributed by atoms with Gasteiger partial charge in [-0.05, 0) is 38.0 Å². The van der Waals surface area contributed by atoms with Crippen molar-refractivity contribution in [2.45, 2.75) is 30.8 Å². The van der Waals surface area contributed by atoms with Crippen molar-refractivity contribution in [1.82, 2.24) is 0 Å². The Hall–Kier alpha value is -0.870. The fourth-order valence-electron chi connectivity index (χ4n) is 2.21. The summed E-state index contributed by atoms with van der Waals surface area (Å²) in [6.07, 6.45) is -0.895. The van der Waals surface area contributed by atoms with Crippen molar-refractivity contribution in [3.8, 4) is 0 Å². The van der Waals surface area contributed by atoms with Gasteiger partial charge in [0.25, 0.3) is 0 Å². The molecule has 0 aromatic heterocycles. The first-order valence-corrected chi connectivity index (χ1v) is 8.62. The number of fused-ring (bicyclic) bond motifs is 1. The van der Waals surface area contributed by atoms with Gasteiger partial charge in [0.05, 0.1) is 16.3 Å². The van der Waals surface area contributed by atoms with E-state index < -0.39 is 11.7 Å². The zero-order valence-corrected chi connectivity index (χ0v) is 13.9. The van der Waals surface area contributed by atoms with Crippen molar-refractivity contribution in [2.75, 3.05) is 17.2 Å². The summed E-state index contributed by atoms with van der Waals surface area (Å²) in [5.41, 5.74) is -0.0382. The number of hydrogen-bond acceptors (Lipinski definition) is 6. The normalized spacial score (nSPS) is 16.2. The summed E-state index contributed by atoms with van der Waals surface area (Å²) >= 11 is 2.45. The summed E-state index contributed by atoms with van der Waals surface area (Å²) < 4.78 is 43.0. The minimum atomic E-state index is -4.34. The lowest BCUT2D eigenvalue weighted by Gasteiger charge is -2.21. The van der Waals surface area contributed by atoms with Crippen LogP contribution in [0.4, 0.5) is 18.9 Å². The van der Waals surface area contributed by atoms with Crippen molar-refractivity contribution in [3.05, 3.63) is 34.9 Å². The lowest BCUT2D eigenvalue weighted by molar-refractivity contribution is -0.432. The molecule has 4 nitrogen and oxygen atoms in total. The van der Waals surface area contributed by atoms with Gasteiger partial charge in [-0.2, -0.15) is 13.2 Å². The maximum atomic E-state index is 12.9. The molecule has 0 bridgehead atoms. The Bertz CT molecular complexity index is 567. The van der Waals surface area contributed by atoms with Gasteiger partial charge < -0.3 is 4.90 Å². The van der Waals surface area contributed by atoms with Crippen LogP contribution >= 0.6 is 23.8 Å². The summed E-state index contributed by atoms with van der Waals surface area (Å²) in [7, 11) is 0. The molecule has 1 aromatic rings. The first-order valence-electron chi connectivity index (χ1n) is 6.90. The first kappa shape index (κ1) is 18.5. The molecule has 23 heavy (non-hydrogen) atoms. The number of thioether (sulfide) groups is 1. The SMILES string of the molecule is C/C=C1\Sc2ccc(C(F)(F)F)cc2N1CCCCSOOO. The molecule has 128 valence electrons. The second-order valence-corrected chi connectivity index (χ2v) is 6.57. The van der Waals surface area contributed by atoms with Gasteiger partial charge in [-0.3, -0.25) is 0 Å². The Balaban J connectivity index is 2.04. The molecule has 0 spiro atoms. The third-order valence-corrected chi connectivity index (χ3v) is 5.09. The van der Waals surface area contributed by atoms with Crippen LogP contribution in [-0.2, 0) is 15.5 Å². The highest BCUT2D eigenvalue weighted by Crippen LogP contribution is 2.47. The third-order valence-electron chi connectivity index (χ3n) is 3.24. The van der Waals surface area contributed by atoms with E-state index in [9.17, 15) is 13.2 Å². The van der Waals surface area contributed by atoms with Crippen LogP contribution in [0.5, 0.6) is 0 Å². The lowest BCUT2D eigenvalue weighted by Crippen LogP contribution is -2.19. The molecule has 0 unspecified atom stereocenters. The molecule has 0 amide bonds. The number of halogens is 3. The van der Waals surface area contributed by atoms with Crippen molar-refractivity contribution >= 4 is 29.5 Å². The van der Waals surface area contributed by atoms with E-state index >= 15 is 0 Å². The highest BCUT2D eigenvalue weighted by Gasteiger charge is 2.33. The lowest BCUT2D eigenvalue weighted by atomic mass is 10.1. The Kier molecular flexibility index (Phi) is 6.66. The number of hydrogen-bond donors (Lipinski definition) is 1. The van der Waals surface area contributed by atoms with Gasteiger partial charge in [0.15, 0.2) is 0 Å². The molecule has 9 heteroatoms. The largest absolute Gasteiger partial charge is 0.416 e.